The SMILES string of the molecule is COC(=O)Nc1cccc(NC(=O)CC(C)(C)CC(=O)O)c1. The first-order chi connectivity index (χ1) is 10.2. The van der Waals surface area contributed by atoms with Gasteiger partial charge in [-0.1, -0.05) is 19.9 Å². The first kappa shape index (κ1) is 17.5. The maximum Gasteiger partial charge on any atom is 0.411 e. The highest BCUT2D eigenvalue weighted by Gasteiger charge is 2.25. The molecule has 1 rings (SSSR count). The van der Waals surface area contributed by atoms with Crippen LogP contribution in [0.1, 0.15) is 26.7 Å². The maximum atomic E-state index is 12.0. The van der Waals surface area contributed by atoms with Crippen molar-refractivity contribution in [3.8, 4) is 0 Å². The third-order valence-electron chi connectivity index (χ3n) is 2.85. The van der Waals surface area contributed by atoms with Crippen LogP contribution in [0.25, 0.3) is 0 Å². The molecule has 2 amide bonds. The number of carboxylic acid groups (broad SMARTS) is 1. The van der Waals surface area contributed by atoms with Crippen LogP contribution < -0.4 is 10.6 Å². The van der Waals surface area contributed by atoms with Crippen LogP contribution in [-0.2, 0) is 14.3 Å². The van der Waals surface area contributed by atoms with Gasteiger partial charge in [-0.25, -0.2) is 4.79 Å². The van der Waals surface area contributed by atoms with Crippen molar-refractivity contribution in [1.29, 1.82) is 0 Å². The summed E-state index contributed by atoms with van der Waals surface area (Å²) >= 11 is 0. The van der Waals surface area contributed by atoms with Gasteiger partial charge < -0.3 is 15.2 Å². The lowest BCUT2D eigenvalue weighted by atomic mass is 9.85. The second-order valence-corrected chi connectivity index (χ2v) is 5.66. The van der Waals surface area contributed by atoms with Gasteiger partial charge in [0, 0.05) is 17.8 Å². The average molecular weight is 308 g/mol. The molecule has 7 nitrogen and oxygen atoms in total. The maximum absolute atomic E-state index is 12.0. The largest absolute Gasteiger partial charge is 0.481 e. The van der Waals surface area contributed by atoms with Crippen LogP contribution in [0.5, 0.6) is 0 Å². The minimum absolute atomic E-state index is 0.0773. The van der Waals surface area contributed by atoms with Crippen molar-refractivity contribution in [1.82, 2.24) is 0 Å². The highest BCUT2D eigenvalue weighted by molar-refractivity contribution is 5.93. The summed E-state index contributed by atoms with van der Waals surface area (Å²) in [6.45, 7) is 3.44. The fourth-order valence-corrected chi connectivity index (χ4v) is 1.96. The number of ether oxygens (including phenoxy) is 1. The predicted octanol–water partition coefficient (Wildman–Crippen LogP) is 2.69. The number of amides is 2. The second-order valence-electron chi connectivity index (χ2n) is 5.66. The van der Waals surface area contributed by atoms with Crippen LogP contribution in [0.3, 0.4) is 0 Å². The lowest BCUT2D eigenvalue weighted by molar-refractivity contribution is -0.139. The molecule has 1 aromatic carbocycles. The number of hydrogen-bond acceptors (Lipinski definition) is 4. The fraction of sp³-hybridized carbons (Fsp3) is 0.400. The van der Waals surface area contributed by atoms with E-state index in [1.165, 1.54) is 7.11 Å². The van der Waals surface area contributed by atoms with E-state index in [4.69, 9.17) is 5.11 Å². The van der Waals surface area contributed by atoms with E-state index in [9.17, 15) is 14.4 Å². The average Bonchev–Trinajstić information content (AvgIpc) is 2.36. The van der Waals surface area contributed by atoms with Crippen molar-refractivity contribution in [2.75, 3.05) is 17.7 Å². The Bertz CT molecular complexity index is 569. The zero-order valence-corrected chi connectivity index (χ0v) is 12.8. The molecule has 0 aliphatic carbocycles. The van der Waals surface area contributed by atoms with E-state index in [1.807, 2.05) is 0 Å². The van der Waals surface area contributed by atoms with Crippen LogP contribution >= 0.6 is 0 Å². The van der Waals surface area contributed by atoms with Crippen molar-refractivity contribution in [3.05, 3.63) is 24.3 Å². The summed E-state index contributed by atoms with van der Waals surface area (Å²) in [5.74, 6) is -1.23. The van der Waals surface area contributed by atoms with E-state index in [2.05, 4.69) is 15.4 Å². The summed E-state index contributed by atoms with van der Waals surface area (Å²) < 4.78 is 4.48. The Morgan fingerprint density at radius 2 is 1.73 bits per heavy atom. The molecule has 120 valence electrons. The van der Waals surface area contributed by atoms with E-state index < -0.39 is 17.5 Å². The van der Waals surface area contributed by atoms with Gasteiger partial charge >= 0.3 is 12.1 Å². The minimum Gasteiger partial charge on any atom is -0.481 e. The fourth-order valence-electron chi connectivity index (χ4n) is 1.96. The summed E-state index contributed by atoms with van der Waals surface area (Å²) in [5, 5.41) is 14.0. The summed E-state index contributed by atoms with van der Waals surface area (Å²) in [6.07, 6.45) is -0.621. The predicted molar refractivity (Wildman–Crippen MR) is 81.8 cm³/mol. The summed E-state index contributed by atoms with van der Waals surface area (Å²) in [4.78, 5) is 33.9. The van der Waals surface area contributed by atoms with Gasteiger partial charge in [0.2, 0.25) is 5.91 Å². The molecule has 0 saturated carbocycles. The van der Waals surface area contributed by atoms with Crippen LogP contribution in [-0.4, -0.2) is 30.2 Å². The number of nitrogens with one attached hydrogen (secondary N) is 2. The summed E-state index contributed by atoms with van der Waals surface area (Å²) in [7, 11) is 1.26. The molecule has 0 aliphatic heterocycles. The van der Waals surface area contributed by atoms with Gasteiger partial charge in [-0.3, -0.25) is 14.9 Å². The number of carbonyl (C=O) groups excluding carboxylic acids is 2. The van der Waals surface area contributed by atoms with Gasteiger partial charge in [-0.15, -0.1) is 0 Å². The molecule has 22 heavy (non-hydrogen) atoms. The third kappa shape index (κ3) is 6.25. The molecule has 1 aromatic rings. The smallest absolute Gasteiger partial charge is 0.411 e. The van der Waals surface area contributed by atoms with Crippen LogP contribution in [0.15, 0.2) is 24.3 Å². The Morgan fingerprint density at radius 3 is 2.27 bits per heavy atom. The van der Waals surface area contributed by atoms with E-state index in [-0.39, 0.29) is 18.7 Å². The lowest BCUT2D eigenvalue weighted by Crippen LogP contribution is -2.24. The van der Waals surface area contributed by atoms with E-state index >= 15 is 0 Å². The summed E-state index contributed by atoms with van der Waals surface area (Å²) in [5.41, 5.74) is 0.345. The van der Waals surface area contributed by atoms with Crippen molar-refractivity contribution in [2.24, 2.45) is 5.41 Å². The molecular formula is C15H20N2O5. The number of aliphatic carboxylic acids is 1. The highest BCUT2D eigenvalue weighted by atomic mass is 16.5. The van der Waals surface area contributed by atoms with Crippen LogP contribution in [0, 0.1) is 5.41 Å². The molecular weight excluding hydrogens is 288 g/mol. The Kier molecular flexibility index (Phi) is 5.91. The number of hydrogen-bond donors (Lipinski definition) is 3. The Labute approximate surface area is 128 Å². The number of carboxylic acids is 1. The first-order valence-corrected chi connectivity index (χ1v) is 6.68. The molecule has 0 saturated heterocycles. The Hall–Kier alpha value is -2.57. The van der Waals surface area contributed by atoms with Gasteiger partial charge in [0.05, 0.1) is 13.5 Å². The molecule has 0 atom stereocenters. The van der Waals surface area contributed by atoms with Gasteiger partial charge in [0.1, 0.15) is 0 Å². The Balaban J connectivity index is 2.66. The van der Waals surface area contributed by atoms with Crippen molar-refractivity contribution in [3.63, 3.8) is 0 Å². The number of methoxy groups -OCH3 is 1. The highest BCUT2D eigenvalue weighted by Crippen LogP contribution is 2.26. The van der Waals surface area contributed by atoms with E-state index in [1.54, 1.807) is 38.1 Å². The topological polar surface area (TPSA) is 105 Å². The first-order valence-electron chi connectivity index (χ1n) is 6.68. The Morgan fingerprint density at radius 1 is 1.14 bits per heavy atom. The molecule has 0 fully saturated rings. The van der Waals surface area contributed by atoms with Gasteiger partial charge in [-0.05, 0) is 23.6 Å². The molecule has 0 heterocycles. The summed E-state index contributed by atoms with van der Waals surface area (Å²) in [6, 6.07) is 6.58. The number of rotatable bonds is 6. The molecule has 7 heteroatoms. The molecule has 0 aromatic heterocycles. The van der Waals surface area contributed by atoms with Crippen LogP contribution in [0.2, 0.25) is 0 Å². The van der Waals surface area contributed by atoms with Gasteiger partial charge in [-0.2, -0.15) is 0 Å². The molecule has 0 spiro atoms. The monoisotopic (exact) mass is 308 g/mol. The number of anilines is 2. The molecule has 0 unspecified atom stereocenters. The normalized spacial score (nSPS) is 10.7. The molecule has 0 bridgehead atoms. The minimum atomic E-state index is -0.943. The zero-order valence-electron chi connectivity index (χ0n) is 12.8. The van der Waals surface area contributed by atoms with E-state index in [0.717, 1.165) is 0 Å². The third-order valence-corrected chi connectivity index (χ3v) is 2.85. The zero-order chi connectivity index (χ0) is 16.8. The standard InChI is InChI=1S/C15H20N2O5/c1-15(2,9-13(19)20)8-12(18)16-10-5-4-6-11(7-10)17-14(21)22-3/h4-7H,8-9H2,1-3H3,(H,16,18)(H,17,21)(H,19,20). The lowest BCUT2D eigenvalue weighted by Gasteiger charge is -2.21. The molecule has 0 aliphatic rings. The van der Waals surface area contributed by atoms with Gasteiger partial charge in [0.15, 0.2) is 0 Å². The van der Waals surface area contributed by atoms with E-state index in [0.29, 0.717) is 11.4 Å². The number of carbonyl (C=O) groups is 3. The van der Waals surface area contributed by atoms with Crippen LogP contribution in [0.4, 0.5) is 16.2 Å². The van der Waals surface area contributed by atoms with Gasteiger partial charge in [0.25, 0.3) is 0 Å². The number of benzene rings is 1. The molecule has 0 radical (unpaired) electrons. The second kappa shape index (κ2) is 7.44. The molecule has 3 N–H and O–H groups in total. The van der Waals surface area contributed by atoms with Crippen molar-refractivity contribution < 1.29 is 24.2 Å². The van der Waals surface area contributed by atoms with Crippen molar-refractivity contribution in [2.45, 2.75) is 26.7 Å². The quantitative estimate of drug-likeness (QED) is 0.749. The van der Waals surface area contributed by atoms with Crippen molar-refractivity contribution >= 4 is 29.3 Å².